The van der Waals surface area contributed by atoms with Crippen LogP contribution in [0, 0.1) is 6.92 Å². The Balaban J connectivity index is 2.22. The number of benzene rings is 1. The molecule has 4 nitrogen and oxygen atoms in total. The van der Waals surface area contributed by atoms with Crippen molar-refractivity contribution in [1.29, 1.82) is 0 Å². The molecular weight excluding hydrogens is 290 g/mol. The Labute approximate surface area is 133 Å². The van der Waals surface area contributed by atoms with Crippen LogP contribution in [0.25, 0.3) is 11.5 Å². The Hall–Kier alpha value is -3.01. The van der Waals surface area contributed by atoms with E-state index in [2.05, 4.69) is 11.6 Å². The molecule has 0 aliphatic heterocycles. The van der Waals surface area contributed by atoms with E-state index in [-0.39, 0.29) is 34.5 Å². The predicted molar refractivity (Wildman–Crippen MR) is 87.4 cm³/mol. The molecule has 1 aromatic heterocycles. The summed E-state index contributed by atoms with van der Waals surface area (Å²) in [4.78, 5) is 29.5. The van der Waals surface area contributed by atoms with E-state index in [0.717, 1.165) is 11.1 Å². The van der Waals surface area contributed by atoms with Crippen molar-refractivity contribution in [2.45, 2.75) is 13.8 Å². The second-order valence-corrected chi connectivity index (χ2v) is 5.19. The molecule has 0 amide bonds. The molecule has 1 heterocycles. The lowest BCUT2D eigenvalue weighted by Crippen LogP contribution is -2.21. The average molecular weight is 305 g/mol. The normalized spacial score (nSPS) is 17.7. The van der Waals surface area contributed by atoms with Crippen LogP contribution < -0.4 is 0 Å². The first-order chi connectivity index (χ1) is 11.1. The predicted octanol–water partition coefficient (Wildman–Crippen LogP) is 4.09. The quantitative estimate of drug-likeness (QED) is 0.784. The number of fused-ring (bicyclic) bond motifs is 1. The van der Waals surface area contributed by atoms with Gasteiger partial charge in [0.2, 0.25) is 23.2 Å². The Kier molecular flexibility index (Phi) is 3.66. The number of hydrogen-bond donors (Lipinski definition) is 0. The van der Waals surface area contributed by atoms with Crippen molar-refractivity contribution < 1.29 is 14.0 Å². The first kappa shape index (κ1) is 14.9. The number of rotatable bonds is 2. The molecule has 0 bridgehead atoms. The van der Waals surface area contributed by atoms with Crippen LogP contribution in [0.2, 0.25) is 0 Å². The standard InChI is InChI=1S/C19H15NO3/c1-4-8-14-12(5-2)16(21)15-18(17(14)22)23-19(20-15)13-10-7-6-9-11(13)3/h4-10H,1H2,2-3H3/b12-5+,14-8+. The number of hydrogen-bond acceptors (Lipinski definition) is 4. The molecule has 1 aliphatic rings. The number of aromatic nitrogens is 1. The van der Waals surface area contributed by atoms with Gasteiger partial charge in [0, 0.05) is 16.7 Å². The summed E-state index contributed by atoms with van der Waals surface area (Å²) >= 11 is 0. The number of carbonyl (C=O) groups excluding carboxylic acids is 2. The second kappa shape index (κ2) is 5.65. The molecule has 0 saturated carbocycles. The van der Waals surface area contributed by atoms with Crippen LogP contribution >= 0.6 is 0 Å². The van der Waals surface area contributed by atoms with Crippen LogP contribution in [0.1, 0.15) is 33.5 Å². The van der Waals surface area contributed by atoms with Crippen molar-refractivity contribution >= 4 is 11.6 Å². The van der Waals surface area contributed by atoms with E-state index in [1.54, 1.807) is 13.0 Å². The molecule has 0 spiro atoms. The lowest BCUT2D eigenvalue weighted by Gasteiger charge is -2.13. The van der Waals surface area contributed by atoms with Crippen LogP contribution in [-0.2, 0) is 0 Å². The minimum atomic E-state index is -0.347. The Bertz CT molecular complexity index is 897. The van der Waals surface area contributed by atoms with Crippen LogP contribution in [0.5, 0.6) is 0 Å². The molecule has 0 N–H and O–H groups in total. The highest BCUT2D eigenvalue weighted by Crippen LogP contribution is 2.33. The highest BCUT2D eigenvalue weighted by Gasteiger charge is 2.37. The van der Waals surface area contributed by atoms with E-state index in [4.69, 9.17) is 4.42 Å². The molecule has 3 rings (SSSR count). The highest BCUT2D eigenvalue weighted by atomic mass is 16.4. The zero-order valence-corrected chi connectivity index (χ0v) is 12.9. The van der Waals surface area contributed by atoms with Crippen LogP contribution in [0.3, 0.4) is 0 Å². The van der Waals surface area contributed by atoms with Gasteiger partial charge in [0.25, 0.3) is 0 Å². The van der Waals surface area contributed by atoms with Gasteiger partial charge in [-0.15, -0.1) is 0 Å². The number of carbonyl (C=O) groups is 2. The molecule has 114 valence electrons. The summed E-state index contributed by atoms with van der Waals surface area (Å²) in [5.74, 6) is -0.379. The van der Waals surface area contributed by atoms with Gasteiger partial charge in [0.1, 0.15) is 0 Å². The van der Waals surface area contributed by atoms with Crippen LogP contribution in [0.4, 0.5) is 0 Å². The Morgan fingerprint density at radius 3 is 2.52 bits per heavy atom. The summed E-state index contributed by atoms with van der Waals surface area (Å²) in [6.45, 7) is 7.22. The highest BCUT2D eigenvalue weighted by molar-refractivity contribution is 6.29. The third kappa shape index (κ3) is 2.28. The lowest BCUT2D eigenvalue weighted by molar-refractivity contribution is 0.0952. The molecule has 0 fully saturated rings. The minimum Gasteiger partial charge on any atom is -0.432 e. The van der Waals surface area contributed by atoms with E-state index < -0.39 is 0 Å². The monoisotopic (exact) mass is 305 g/mol. The Morgan fingerprint density at radius 1 is 1.13 bits per heavy atom. The maximum atomic E-state index is 12.6. The van der Waals surface area contributed by atoms with E-state index in [9.17, 15) is 9.59 Å². The maximum absolute atomic E-state index is 12.6. The summed E-state index contributed by atoms with van der Waals surface area (Å²) in [5, 5.41) is 0. The van der Waals surface area contributed by atoms with Gasteiger partial charge in [-0.3, -0.25) is 9.59 Å². The number of ketones is 2. The molecule has 0 radical (unpaired) electrons. The molecule has 4 heteroatoms. The van der Waals surface area contributed by atoms with Gasteiger partial charge in [0.05, 0.1) is 0 Å². The number of allylic oxidation sites excluding steroid dienone is 5. The fraction of sp³-hybridized carbons (Fsp3) is 0.105. The number of Topliss-reactive ketones (excluding diaryl/α,β-unsaturated/α-hetero) is 2. The number of oxazole rings is 1. The number of aryl methyl sites for hydroxylation is 1. The SMILES string of the molecule is C=C/C=C1/C(=O)c2oc(-c3ccccc3C)nc2C(=O)/C1=C/C. The Morgan fingerprint density at radius 2 is 1.87 bits per heavy atom. The van der Waals surface area contributed by atoms with E-state index in [1.807, 2.05) is 31.2 Å². The van der Waals surface area contributed by atoms with Gasteiger partial charge in [-0.05, 0) is 25.5 Å². The third-order valence-corrected chi connectivity index (χ3v) is 3.78. The fourth-order valence-corrected chi connectivity index (χ4v) is 2.62. The first-order valence-corrected chi connectivity index (χ1v) is 7.24. The smallest absolute Gasteiger partial charge is 0.231 e. The zero-order chi connectivity index (χ0) is 16.6. The number of nitrogens with zero attached hydrogens (tertiary/aromatic N) is 1. The summed E-state index contributed by atoms with van der Waals surface area (Å²) in [6.07, 6.45) is 4.61. The van der Waals surface area contributed by atoms with Crippen molar-refractivity contribution in [3.05, 3.63) is 77.2 Å². The summed E-state index contributed by atoms with van der Waals surface area (Å²) < 4.78 is 5.64. The molecular formula is C19H15NO3. The summed E-state index contributed by atoms with van der Waals surface area (Å²) in [5.41, 5.74) is 2.40. The molecule has 2 aromatic rings. The van der Waals surface area contributed by atoms with Crippen LogP contribution in [0.15, 0.2) is 64.6 Å². The van der Waals surface area contributed by atoms with E-state index >= 15 is 0 Å². The van der Waals surface area contributed by atoms with Gasteiger partial charge >= 0.3 is 0 Å². The summed E-state index contributed by atoms with van der Waals surface area (Å²) in [6, 6.07) is 7.53. The minimum absolute atomic E-state index is 0.00745. The fourth-order valence-electron chi connectivity index (χ4n) is 2.62. The van der Waals surface area contributed by atoms with E-state index in [1.165, 1.54) is 12.2 Å². The van der Waals surface area contributed by atoms with Crippen molar-refractivity contribution in [1.82, 2.24) is 4.98 Å². The van der Waals surface area contributed by atoms with Gasteiger partial charge in [-0.2, -0.15) is 0 Å². The van der Waals surface area contributed by atoms with Gasteiger partial charge in [0.15, 0.2) is 5.69 Å². The van der Waals surface area contributed by atoms with Crippen molar-refractivity contribution in [3.63, 3.8) is 0 Å². The molecule has 1 aliphatic carbocycles. The van der Waals surface area contributed by atoms with Gasteiger partial charge in [-0.1, -0.05) is 43.0 Å². The third-order valence-electron chi connectivity index (χ3n) is 3.78. The first-order valence-electron chi connectivity index (χ1n) is 7.24. The van der Waals surface area contributed by atoms with Crippen LogP contribution in [-0.4, -0.2) is 16.6 Å². The lowest BCUT2D eigenvalue weighted by atomic mass is 9.88. The maximum Gasteiger partial charge on any atom is 0.231 e. The van der Waals surface area contributed by atoms with Crippen molar-refractivity contribution in [3.8, 4) is 11.5 Å². The molecule has 0 unspecified atom stereocenters. The average Bonchev–Trinajstić information content (AvgIpc) is 2.99. The molecule has 23 heavy (non-hydrogen) atoms. The van der Waals surface area contributed by atoms with Crippen molar-refractivity contribution in [2.24, 2.45) is 0 Å². The summed E-state index contributed by atoms with van der Waals surface area (Å²) in [7, 11) is 0. The van der Waals surface area contributed by atoms with Gasteiger partial charge < -0.3 is 4.42 Å². The largest absolute Gasteiger partial charge is 0.432 e. The molecule has 0 atom stereocenters. The van der Waals surface area contributed by atoms with E-state index in [0.29, 0.717) is 5.57 Å². The van der Waals surface area contributed by atoms with Crippen molar-refractivity contribution in [2.75, 3.05) is 0 Å². The van der Waals surface area contributed by atoms with Gasteiger partial charge in [-0.25, -0.2) is 4.98 Å². The zero-order valence-electron chi connectivity index (χ0n) is 12.9. The molecule has 0 saturated heterocycles. The molecule has 1 aromatic carbocycles. The second-order valence-electron chi connectivity index (χ2n) is 5.19. The topological polar surface area (TPSA) is 60.2 Å².